The van der Waals surface area contributed by atoms with Gasteiger partial charge in [0.1, 0.15) is 11.5 Å². The van der Waals surface area contributed by atoms with E-state index in [0.717, 1.165) is 16.0 Å². The summed E-state index contributed by atoms with van der Waals surface area (Å²) in [6.07, 6.45) is 5.50. The van der Waals surface area contributed by atoms with Crippen LogP contribution in [0.2, 0.25) is 0 Å². The molecule has 2 heterocycles. The highest BCUT2D eigenvalue weighted by atomic mass is 35.5. The van der Waals surface area contributed by atoms with Gasteiger partial charge in [-0.3, -0.25) is 14.5 Å². The summed E-state index contributed by atoms with van der Waals surface area (Å²) in [5.41, 5.74) is 2.17. The maximum absolute atomic E-state index is 13.0. The van der Waals surface area contributed by atoms with Gasteiger partial charge in [0, 0.05) is 24.9 Å². The summed E-state index contributed by atoms with van der Waals surface area (Å²) >= 11 is 13.6. The largest absolute Gasteiger partial charge is 0.508 e. The van der Waals surface area contributed by atoms with Crippen molar-refractivity contribution in [3.63, 3.8) is 0 Å². The first kappa shape index (κ1) is 18.1. The van der Waals surface area contributed by atoms with Crippen molar-refractivity contribution in [3.8, 4) is 11.5 Å². The fourth-order valence-electron chi connectivity index (χ4n) is 4.18. The molecule has 1 N–H and O–H groups in total. The van der Waals surface area contributed by atoms with E-state index < -0.39 is 27.5 Å². The smallest absolute Gasteiger partial charge is 0.253 e. The number of imide groups is 1. The highest BCUT2D eigenvalue weighted by Crippen LogP contribution is 2.58. The maximum Gasteiger partial charge on any atom is 0.253 e. The standard InChI is InChI=1S/C20H17Cl2NO4/c1-3-11-6-7-19(21)17(25)23(2)18(26)20(19,22)16(11)13-8-12-9-14(24)4-5-15(12)27-10-13/h3-6,9-10,16,24H,1,7-8H2,2H3/t16-,19-,20+/m1/s1. The molecule has 0 radical (unpaired) electrons. The lowest BCUT2D eigenvalue weighted by Gasteiger charge is -2.43. The quantitative estimate of drug-likeness (QED) is 0.605. The van der Waals surface area contributed by atoms with Gasteiger partial charge in [-0.15, -0.1) is 23.2 Å². The monoisotopic (exact) mass is 405 g/mol. The van der Waals surface area contributed by atoms with Crippen LogP contribution in [0.15, 0.2) is 54.3 Å². The van der Waals surface area contributed by atoms with Gasteiger partial charge in [0.15, 0.2) is 9.75 Å². The molecule has 5 nitrogen and oxygen atoms in total. The second-order valence-corrected chi connectivity index (χ2v) is 8.25. The number of nitrogens with zero attached hydrogens (tertiary/aromatic N) is 1. The number of phenolic OH excluding ortho intramolecular Hbond substituents is 1. The molecule has 140 valence electrons. The Bertz CT molecular complexity index is 953. The minimum Gasteiger partial charge on any atom is -0.508 e. The van der Waals surface area contributed by atoms with E-state index in [1.165, 1.54) is 13.1 Å². The van der Waals surface area contributed by atoms with Crippen molar-refractivity contribution in [2.24, 2.45) is 5.92 Å². The van der Waals surface area contributed by atoms with Gasteiger partial charge in [-0.05, 0) is 35.8 Å². The Morgan fingerprint density at radius 1 is 1.33 bits per heavy atom. The minimum absolute atomic E-state index is 0.112. The molecular weight excluding hydrogens is 389 g/mol. The molecule has 0 bridgehead atoms. The van der Waals surface area contributed by atoms with Crippen LogP contribution in [0.25, 0.3) is 0 Å². The van der Waals surface area contributed by atoms with Crippen LogP contribution >= 0.6 is 23.2 Å². The number of aromatic hydroxyl groups is 1. The Hall–Kier alpha value is -2.24. The number of likely N-dealkylation sites (tertiary alicyclic amines) is 1. The number of amides is 2. The minimum atomic E-state index is -1.68. The van der Waals surface area contributed by atoms with E-state index in [4.69, 9.17) is 27.9 Å². The molecule has 3 aliphatic rings. The summed E-state index contributed by atoms with van der Waals surface area (Å²) < 4.78 is 5.71. The second-order valence-electron chi connectivity index (χ2n) is 7.01. The zero-order valence-corrected chi connectivity index (χ0v) is 16.0. The summed E-state index contributed by atoms with van der Waals surface area (Å²) in [5, 5.41) is 9.78. The lowest BCUT2D eigenvalue weighted by atomic mass is 9.67. The third-order valence-corrected chi connectivity index (χ3v) is 6.98. The van der Waals surface area contributed by atoms with Gasteiger partial charge < -0.3 is 9.84 Å². The molecule has 1 aromatic rings. The van der Waals surface area contributed by atoms with E-state index in [1.54, 1.807) is 30.5 Å². The molecule has 2 aliphatic heterocycles. The van der Waals surface area contributed by atoms with Gasteiger partial charge in [0.05, 0.1) is 6.26 Å². The number of fused-ring (bicyclic) bond motifs is 2. The molecule has 27 heavy (non-hydrogen) atoms. The van der Waals surface area contributed by atoms with E-state index in [9.17, 15) is 14.7 Å². The number of carbonyl (C=O) groups is 2. The molecular formula is C20H17Cl2NO4. The lowest BCUT2D eigenvalue weighted by Crippen LogP contribution is -2.56. The van der Waals surface area contributed by atoms with Crippen LogP contribution in [0.1, 0.15) is 12.0 Å². The first-order chi connectivity index (χ1) is 12.7. The number of alkyl halides is 2. The summed E-state index contributed by atoms with van der Waals surface area (Å²) in [6.45, 7) is 3.83. The van der Waals surface area contributed by atoms with Gasteiger partial charge in [0.25, 0.3) is 11.8 Å². The van der Waals surface area contributed by atoms with Crippen LogP contribution < -0.4 is 4.74 Å². The van der Waals surface area contributed by atoms with Crippen LogP contribution in [-0.2, 0) is 16.0 Å². The maximum atomic E-state index is 13.0. The zero-order chi connectivity index (χ0) is 19.6. The van der Waals surface area contributed by atoms with Crippen LogP contribution in [0.4, 0.5) is 0 Å². The average Bonchev–Trinajstić information content (AvgIpc) is 2.79. The predicted molar refractivity (Wildman–Crippen MR) is 102 cm³/mol. The lowest BCUT2D eigenvalue weighted by molar-refractivity contribution is -0.137. The van der Waals surface area contributed by atoms with Crippen LogP contribution in [0.3, 0.4) is 0 Å². The third-order valence-electron chi connectivity index (χ3n) is 5.57. The normalized spacial score (nSPS) is 32.3. The predicted octanol–water partition coefficient (Wildman–Crippen LogP) is 3.30. The number of carbonyl (C=O) groups excluding carboxylic acids is 2. The van der Waals surface area contributed by atoms with Crippen molar-refractivity contribution in [2.75, 3.05) is 7.05 Å². The number of halogens is 2. The first-order valence-electron chi connectivity index (χ1n) is 8.44. The molecule has 1 aliphatic carbocycles. The molecule has 4 rings (SSSR count). The van der Waals surface area contributed by atoms with Gasteiger partial charge >= 0.3 is 0 Å². The van der Waals surface area contributed by atoms with Crippen molar-refractivity contribution < 1.29 is 19.4 Å². The van der Waals surface area contributed by atoms with E-state index >= 15 is 0 Å². The molecule has 0 unspecified atom stereocenters. The van der Waals surface area contributed by atoms with E-state index in [2.05, 4.69) is 6.58 Å². The number of ether oxygens (including phenoxy) is 1. The number of phenols is 1. The number of allylic oxidation sites excluding steroid dienone is 4. The Balaban J connectivity index is 1.85. The molecule has 0 spiro atoms. The van der Waals surface area contributed by atoms with E-state index in [1.807, 2.05) is 0 Å². The molecule has 0 saturated carbocycles. The van der Waals surface area contributed by atoms with Crippen LogP contribution in [0, 0.1) is 5.92 Å². The Labute approximate surface area is 166 Å². The van der Waals surface area contributed by atoms with Gasteiger partial charge in [-0.2, -0.15) is 0 Å². The molecule has 1 saturated heterocycles. The Kier molecular flexibility index (Phi) is 3.95. The summed E-state index contributed by atoms with van der Waals surface area (Å²) in [6, 6.07) is 4.81. The molecule has 1 aromatic carbocycles. The fourth-order valence-corrected chi connectivity index (χ4v) is 5.13. The van der Waals surface area contributed by atoms with Crippen LogP contribution in [-0.4, -0.2) is 38.6 Å². The fraction of sp³-hybridized carbons (Fsp3) is 0.300. The van der Waals surface area contributed by atoms with E-state index in [0.29, 0.717) is 17.7 Å². The summed E-state index contributed by atoms with van der Waals surface area (Å²) in [7, 11) is 1.39. The zero-order valence-electron chi connectivity index (χ0n) is 14.5. The Morgan fingerprint density at radius 3 is 2.78 bits per heavy atom. The second kappa shape index (κ2) is 5.88. The highest BCUT2D eigenvalue weighted by Gasteiger charge is 2.72. The van der Waals surface area contributed by atoms with Crippen molar-refractivity contribution in [3.05, 3.63) is 59.9 Å². The molecule has 1 fully saturated rings. The van der Waals surface area contributed by atoms with Crippen molar-refractivity contribution in [1.29, 1.82) is 0 Å². The molecule has 2 amide bonds. The van der Waals surface area contributed by atoms with E-state index in [-0.39, 0.29) is 12.2 Å². The third kappa shape index (κ3) is 2.25. The highest BCUT2D eigenvalue weighted by molar-refractivity contribution is 6.53. The summed E-state index contributed by atoms with van der Waals surface area (Å²) in [4.78, 5) is 23.5. The number of benzene rings is 1. The number of rotatable bonds is 2. The molecule has 3 atom stereocenters. The molecule has 7 heteroatoms. The SMILES string of the molecule is C=CC1=CC[C@@]2(Cl)C(=O)N(C)C(=O)[C@@]2(Cl)[C@H]1C1=COc2ccc(O)cc2C1. The topological polar surface area (TPSA) is 66.8 Å². The number of hydrogen-bond acceptors (Lipinski definition) is 4. The van der Waals surface area contributed by atoms with Crippen molar-refractivity contribution >= 4 is 35.0 Å². The van der Waals surface area contributed by atoms with Crippen molar-refractivity contribution in [2.45, 2.75) is 22.6 Å². The first-order valence-corrected chi connectivity index (χ1v) is 9.20. The Morgan fingerprint density at radius 2 is 2.07 bits per heavy atom. The van der Waals surface area contributed by atoms with Crippen molar-refractivity contribution in [1.82, 2.24) is 4.90 Å². The summed E-state index contributed by atoms with van der Waals surface area (Å²) in [5.74, 6) is -1.00. The average molecular weight is 406 g/mol. The van der Waals surface area contributed by atoms with Gasteiger partial charge in [-0.1, -0.05) is 18.7 Å². The number of hydrogen-bond donors (Lipinski definition) is 1. The van der Waals surface area contributed by atoms with Gasteiger partial charge in [0.2, 0.25) is 0 Å². The van der Waals surface area contributed by atoms with Gasteiger partial charge in [-0.25, -0.2) is 0 Å². The van der Waals surface area contributed by atoms with Crippen LogP contribution in [0.5, 0.6) is 11.5 Å². The molecule has 0 aromatic heterocycles.